The highest BCUT2D eigenvalue weighted by Crippen LogP contribution is 2.13. The van der Waals surface area contributed by atoms with E-state index in [1.807, 2.05) is 18.2 Å². The second-order valence-electron chi connectivity index (χ2n) is 3.12. The first-order chi connectivity index (χ1) is 8.25. The van der Waals surface area contributed by atoms with E-state index in [9.17, 15) is 0 Å². The van der Waals surface area contributed by atoms with Gasteiger partial charge < -0.3 is 0 Å². The molecule has 1 aromatic heterocycles. The van der Waals surface area contributed by atoms with Crippen LogP contribution in [0.5, 0.6) is 0 Å². The zero-order valence-corrected chi connectivity index (χ0v) is 10.2. The third-order valence-corrected chi connectivity index (χ3v) is 2.47. The summed E-state index contributed by atoms with van der Waals surface area (Å²) in [7, 11) is 0. The molecule has 2 rings (SSSR count). The van der Waals surface area contributed by atoms with Gasteiger partial charge in [0.05, 0.1) is 6.21 Å². The van der Waals surface area contributed by atoms with Gasteiger partial charge in [0.2, 0.25) is 0 Å². The van der Waals surface area contributed by atoms with Gasteiger partial charge in [-0.05, 0) is 6.07 Å². The zero-order chi connectivity index (χ0) is 12.1. The van der Waals surface area contributed by atoms with Crippen LogP contribution in [-0.2, 0) is 0 Å². The summed E-state index contributed by atoms with van der Waals surface area (Å²) < 4.78 is 0. The van der Waals surface area contributed by atoms with Crippen molar-refractivity contribution in [2.24, 2.45) is 5.10 Å². The molecule has 0 spiro atoms. The lowest BCUT2D eigenvalue weighted by Crippen LogP contribution is -1.94. The van der Waals surface area contributed by atoms with Gasteiger partial charge in [0.15, 0.2) is 5.82 Å². The summed E-state index contributed by atoms with van der Waals surface area (Å²) in [6.07, 6.45) is 2.97. The van der Waals surface area contributed by atoms with Gasteiger partial charge in [0, 0.05) is 16.7 Å². The van der Waals surface area contributed by atoms with Gasteiger partial charge in [-0.1, -0.05) is 41.4 Å². The number of benzene rings is 1. The molecule has 0 amide bonds. The van der Waals surface area contributed by atoms with E-state index in [0.29, 0.717) is 16.0 Å². The molecule has 0 aliphatic heterocycles. The largest absolute Gasteiger partial charge is 0.261 e. The molecule has 0 fully saturated rings. The van der Waals surface area contributed by atoms with Gasteiger partial charge in [-0.15, -0.1) is 0 Å². The molecule has 1 aromatic carbocycles. The van der Waals surface area contributed by atoms with Crippen molar-refractivity contribution in [2.75, 3.05) is 5.43 Å². The average Bonchev–Trinajstić information content (AvgIpc) is 2.32. The molecule has 0 saturated heterocycles. The summed E-state index contributed by atoms with van der Waals surface area (Å²) in [5, 5.41) is 5.00. The lowest BCUT2D eigenvalue weighted by atomic mass is 10.2. The summed E-state index contributed by atoms with van der Waals surface area (Å²) in [5.74, 6) is 0.522. The first-order valence-corrected chi connectivity index (χ1v) is 5.52. The minimum Gasteiger partial charge on any atom is -0.261 e. The van der Waals surface area contributed by atoms with E-state index in [0.717, 1.165) is 5.56 Å². The predicted molar refractivity (Wildman–Crippen MR) is 69.7 cm³/mol. The summed E-state index contributed by atoms with van der Waals surface area (Å²) in [5.41, 5.74) is 3.56. The summed E-state index contributed by atoms with van der Waals surface area (Å²) in [6.45, 7) is 0. The Morgan fingerprint density at radius 2 is 2.00 bits per heavy atom. The first kappa shape index (κ1) is 11.8. The second-order valence-corrected chi connectivity index (χ2v) is 3.91. The molecule has 86 valence electrons. The molecular formula is C11H8Cl2N4. The monoisotopic (exact) mass is 266 g/mol. The van der Waals surface area contributed by atoms with Crippen LogP contribution < -0.4 is 5.43 Å². The number of nitrogens with zero attached hydrogens (tertiary/aromatic N) is 3. The van der Waals surface area contributed by atoms with Crippen LogP contribution in [0.1, 0.15) is 5.56 Å². The Morgan fingerprint density at radius 3 is 2.76 bits per heavy atom. The molecule has 2 aromatic rings. The predicted octanol–water partition coefficient (Wildman–Crippen LogP) is 3.23. The minimum atomic E-state index is 0.357. The lowest BCUT2D eigenvalue weighted by Gasteiger charge is -1.99. The van der Waals surface area contributed by atoms with Crippen molar-refractivity contribution in [3.8, 4) is 0 Å². The quantitative estimate of drug-likeness (QED) is 0.527. The number of hydrazone groups is 1. The Balaban J connectivity index is 2.06. The number of hydrogen-bond acceptors (Lipinski definition) is 4. The van der Waals surface area contributed by atoms with Crippen LogP contribution in [0.2, 0.25) is 10.2 Å². The highest BCUT2D eigenvalue weighted by Gasteiger charge is 1.95. The number of nitrogens with one attached hydrogen (secondary N) is 1. The van der Waals surface area contributed by atoms with Crippen LogP contribution in [0.15, 0.2) is 41.8 Å². The van der Waals surface area contributed by atoms with E-state index >= 15 is 0 Å². The standard InChI is InChI=1S/C11H8Cl2N4/c12-9-4-2-1-3-8(9)6-16-17-11-5-10(13)14-7-15-11/h1-7H,(H,14,15,17)/b16-6+. The molecule has 1 heterocycles. The van der Waals surface area contributed by atoms with Crippen molar-refractivity contribution in [1.82, 2.24) is 9.97 Å². The SMILES string of the molecule is Clc1cc(N/N=C/c2ccccc2Cl)ncn1. The normalized spacial score (nSPS) is 10.7. The summed E-state index contributed by atoms with van der Waals surface area (Å²) in [6, 6.07) is 8.97. The minimum absolute atomic E-state index is 0.357. The number of hydrogen-bond donors (Lipinski definition) is 1. The Hall–Kier alpha value is -1.65. The van der Waals surface area contributed by atoms with Crippen LogP contribution in [-0.4, -0.2) is 16.2 Å². The van der Waals surface area contributed by atoms with Gasteiger partial charge in [0.1, 0.15) is 11.5 Å². The second kappa shape index (κ2) is 5.61. The Labute approximate surface area is 108 Å². The first-order valence-electron chi connectivity index (χ1n) is 4.77. The van der Waals surface area contributed by atoms with E-state index in [-0.39, 0.29) is 0 Å². The molecule has 0 bridgehead atoms. The van der Waals surface area contributed by atoms with E-state index < -0.39 is 0 Å². The van der Waals surface area contributed by atoms with Crippen molar-refractivity contribution in [1.29, 1.82) is 0 Å². The van der Waals surface area contributed by atoms with Crippen molar-refractivity contribution >= 4 is 35.2 Å². The number of halogens is 2. The number of aromatic nitrogens is 2. The van der Waals surface area contributed by atoms with E-state index in [1.165, 1.54) is 6.33 Å². The fraction of sp³-hybridized carbons (Fsp3) is 0. The number of rotatable bonds is 3. The summed E-state index contributed by atoms with van der Waals surface area (Å²) in [4.78, 5) is 7.70. The maximum atomic E-state index is 5.97. The molecule has 17 heavy (non-hydrogen) atoms. The molecule has 0 unspecified atom stereocenters. The third-order valence-electron chi connectivity index (χ3n) is 1.92. The molecule has 0 aliphatic carbocycles. The van der Waals surface area contributed by atoms with E-state index in [4.69, 9.17) is 23.2 Å². The van der Waals surface area contributed by atoms with Crippen LogP contribution >= 0.6 is 23.2 Å². The summed E-state index contributed by atoms with van der Waals surface area (Å²) >= 11 is 11.7. The van der Waals surface area contributed by atoms with Gasteiger partial charge in [0.25, 0.3) is 0 Å². The van der Waals surface area contributed by atoms with Crippen molar-refractivity contribution in [3.05, 3.63) is 52.4 Å². The molecule has 6 heteroatoms. The van der Waals surface area contributed by atoms with E-state index in [1.54, 1.807) is 18.3 Å². The molecule has 0 aliphatic rings. The fourth-order valence-corrected chi connectivity index (χ4v) is 1.47. The van der Waals surface area contributed by atoms with Crippen molar-refractivity contribution < 1.29 is 0 Å². The fourth-order valence-electron chi connectivity index (χ4n) is 1.14. The molecule has 0 atom stereocenters. The molecule has 0 radical (unpaired) electrons. The maximum absolute atomic E-state index is 5.97. The van der Waals surface area contributed by atoms with Gasteiger partial charge in [-0.2, -0.15) is 5.10 Å². The number of anilines is 1. The van der Waals surface area contributed by atoms with Crippen LogP contribution in [0.25, 0.3) is 0 Å². The van der Waals surface area contributed by atoms with Crippen molar-refractivity contribution in [3.63, 3.8) is 0 Å². The highest BCUT2D eigenvalue weighted by atomic mass is 35.5. The highest BCUT2D eigenvalue weighted by molar-refractivity contribution is 6.33. The lowest BCUT2D eigenvalue weighted by molar-refractivity contribution is 1.14. The Bertz CT molecular complexity index is 542. The van der Waals surface area contributed by atoms with E-state index in [2.05, 4.69) is 20.5 Å². The van der Waals surface area contributed by atoms with Crippen molar-refractivity contribution in [2.45, 2.75) is 0 Å². The maximum Gasteiger partial charge on any atom is 0.151 e. The Kier molecular flexibility index (Phi) is 3.90. The molecular weight excluding hydrogens is 259 g/mol. The van der Waals surface area contributed by atoms with Gasteiger partial charge in [-0.25, -0.2) is 9.97 Å². The van der Waals surface area contributed by atoms with Crippen LogP contribution in [0.3, 0.4) is 0 Å². The van der Waals surface area contributed by atoms with Crippen LogP contribution in [0.4, 0.5) is 5.82 Å². The smallest absolute Gasteiger partial charge is 0.151 e. The zero-order valence-electron chi connectivity index (χ0n) is 8.64. The van der Waals surface area contributed by atoms with Gasteiger partial charge in [-0.3, -0.25) is 5.43 Å². The molecule has 1 N–H and O–H groups in total. The van der Waals surface area contributed by atoms with Gasteiger partial charge >= 0.3 is 0 Å². The average molecular weight is 267 g/mol. The third kappa shape index (κ3) is 3.41. The Morgan fingerprint density at radius 1 is 1.18 bits per heavy atom. The molecule has 0 saturated carbocycles. The topological polar surface area (TPSA) is 50.2 Å². The van der Waals surface area contributed by atoms with Crippen LogP contribution in [0, 0.1) is 0 Å². The molecule has 4 nitrogen and oxygen atoms in total.